The number of nitrogens with one attached hydrogen (secondary N) is 1. The van der Waals surface area contributed by atoms with Crippen molar-refractivity contribution in [1.82, 2.24) is 5.32 Å². The van der Waals surface area contributed by atoms with Crippen molar-refractivity contribution < 1.29 is 13.6 Å². The molecule has 0 bridgehead atoms. The van der Waals surface area contributed by atoms with E-state index in [0.29, 0.717) is 12.0 Å². The summed E-state index contributed by atoms with van der Waals surface area (Å²) in [4.78, 5) is 11.5. The van der Waals surface area contributed by atoms with E-state index in [0.717, 1.165) is 18.6 Å². The number of carbonyl (C=O) groups excluding carboxylic acids is 1. The van der Waals surface area contributed by atoms with Gasteiger partial charge < -0.3 is 11.1 Å². The van der Waals surface area contributed by atoms with Crippen LogP contribution >= 0.6 is 0 Å². The molecule has 1 aromatic rings. The van der Waals surface area contributed by atoms with E-state index < -0.39 is 17.7 Å². The summed E-state index contributed by atoms with van der Waals surface area (Å²) >= 11 is 0. The molecule has 0 fully saturated rings. The van der Waals surface area contributed by atoms with Crippen molar-refractivity contribution in [2.75, 3.05) is 0 Å². The Balaban J connectivity index is 2.50. The molecule has 0 radical (unpaired) electrons. The van der Waals surface area contributed by atoms with Gasteiger partial charge in [-0.3, -0.25) is 4.79 Å². The first kappa shape index (κ1) is 13.6. The summed E-state index contributed by atoms with van der Waals surface area (Å²) in [5, 5.41) is 2.58. The molecule has 0 aliphatic heterocycles. The summed E-state index contributed by atoms with van der Waals surface area (Å²) in [6.07, 6.45) is 1.42. The molecule has 0 spiro atoms. The first-order valence-corrected chi connectivity index (χ1v) is 5.51. The van der Waals surface area contributed by atoms with Crippen LogP contribution in [0.3, 0.4) is 0 Å². The Morgan fingerprint density at radius 2 is 2.12 bits per heavy atom. The van der Waals surface area contributed by atoms with Crippen LogP contribution in [0.4, 0.5) is 8.78 Å². The maximum Gasteiger partial charge on any atom is 0.237 e. The van der Waals surface area contributed by atoms with Gasteiger partial charge in [0.15, 0.2) is 11.6 Å². The summed E-state index contributed by atoms with van der Waals surface area (Å²) in [6, 6.07) is 2.96. The lowest BCUT2D eigenvalue weighted by Gasteiger charge is -2.11. The topological polar surface area (TPSA) is 55.1 Å². The van der Waals surface area contributed by atoms with Gasteiger partial charge in [0.25, 0.3) is 0 Å². The summed E-state index contributed by atoms with van der Waals surface area (Å²) in [6.45, 7) is 2.08. The fourth-order valence-corrected chi connectivity index (χ4v) is 1.41. The average molecular weight is 242 g/mol. The lowest BCUT2D eigenvalue weighted by Crippen LogP contribution is -2.40. The van der Waals surface area contributed by atoms with E-state index in [1.165, 1.54) is 6.07 Å². The molecule has 17 heavy (non-hydrogen) atoms. The first-order valence-electron chi connectivity index (χ1n) is 5.51. The molecule has 5 heteroatoms. The van der Waals surface area contributed by atoms with Gasteiger partial charge in [-0.15, -0.1) is 0 Å². The highest BCUT2D eigenvalue weighted by Crippen LogP contribution is 2.08. The number of nitrogens with two attached hydrogens (primary N) is 1. The maximum atomic E-state index is 12.9. The third-order valence-electron chi connectivity index (χ3n) is 2.39. The second kappa shape index (κ2) is 6.30. The van der Waals surface area contributed by atoms with Crippen LogP contribution in [0, 0.1) is 11.6 Å². The molecule has 0 saturated heterocycles. The van der Waals surface area contributed by atoms with E-state index in [4.69, 9.17) is 5.73 Å². The molecule has 1 rings (SSSR count). The largest absolute Gasteiger partial charge is 0.351 e. The van der Waals surface area contributed by atoms with E-state index in [1.54, 1.807) is 0 Å². The fraction of sp³-hybridized carbons (Fsp3) is 0.417. The van der Waals surface area contributed by atoms with Crippen LogP contribution in [0.5, 0.6) is 0 Å². The van der Waals surface area contributed by atoms with Crippen molar-refractivity contribution in [1.29, 1.82) is 0 Å². The van der Waals surface area contributed by atoms with Crippen molar-refractivity contribution in [3.63, 3.8) is 0 Å². The van der Waals surface area contributed by atoms with Crippen LogP contribution in [-0.4, -0.2) is 11.9 Å². The van der Waals surface area contributed by atoms with E-state index >= 15 is 0 Å². The number of benzene rings is 1. The molecule has 94 valence electrons. The molecule has 0 aliphatic rings. The van der Waals surface area contributed by atoms with Gasteiger partial charge >= 0.3 is 0 Å². The molecule has 0 aromatic heterocycles. The summed E-state index contributed by atoms with van der Waals surface area (Å²) < 4.78 is 25.5. The van der Waals surface area contributed by atoms with E-state index in [9.17, 15) is 13.6 Å². The molecule has 1 atom stereocenters. The molecule has 0 heterocycles. The van der Waals surface area contributed by atoms with Crippen molar-refractivity contribution in [2.45, 2.75) is 32.4 Å². The maximum absolute atomic E-state index is 12.9. The Bertz CT molecular complexity index is 396. The van der Waals surface area contributed by atoms with Crippen LogP contribution in [0.15, 0.2) is 18.2 Å². The summed E-state index contributed by atoms with van der Waals surface area (Å²) in [5.74, 6) is -2.10. The number of carbonyl (C=O) groups is 1. The van der Waals surface area contributed by atoms with E-state index in [-0.39, 0.29) is 12.5 Å². The smallest absolute Gasteiger partial charge is 0.237 e. The zero-order valence-electron chi connectivity index (χ0n) is 9.67. The Kier molecular flexibility index (Phi) is 5.03. The number of hydrogen-bond acceptors (Lipinski definition) is 2. The minimum atomic E-state index is -0.922. The van der Waals surface area contributed by atoms with Crippen molar-refractivity contribution in [3.8, 4) is 0 Å². The van der Waals surface area contributed by atoms with Crippen LogP contribution in [0.1, 0.15) is 25.3 Å². The van der Waals surface area contributed by atoms with Crippen LogP contribution in [-0.2, 0) is 11.3 Å². The van der Waals surface area contributed by atoms with Crippen LogP contribution < -0.4 is 11.1 Å². The highest BCUT2D eigenvalue weighted by molar-refractivity contribution is 5.81. The molecule has 1 amide bonds. The van der Waals surface area contributed by atoms with Gasteiger partial charge in [-0.1, -0.05) is 19.4 Å². The quantitative estimate of drug-likeness (QED) is 0.825. The number of amides is 1. The fourth-order valence-electron chi connectivity index (χ4n) is 1.41. The van der Waals surface area contributed by atoms with Crippen molar-refractivity contribution in [2.24, 2.45) is 5.73 Å². The van der Waals surface area contributed by atoms with Crippen LogP contribution in [0.25, 0.3) is 0 Å². The number of halogens is 2. The SMILES string of the molecule is CCC[C@H](N)C(=O)NCc1ccc(F)c(F)c1. The molecule has 0 unspecified atom stereocenters. The van der Waals surface area contributed by atoms with Gasteiger partial charge in [0.05, 0.1) is 6.04 Å². The Morgan fingerprint density at radius 3 is 2.71 bits per heavy atom. The predicted molar refractivity (Wildman–Crippen MR) is 61.1 cm³/mol. The highest BCUT2D eigenvalue weighted by Gasteiger charge is 2.11. The van der Waals surface area contributed by atoms with Gasteiger partial charge in [-0.25, -0.2) is 8.78 Å². The Labute approximate surface area is 99.0 Å². The number of hydrogen-bond donors (Lipinski definition) is 2. The minimum absolute atomic E-state index is 0.146. The molecule has 0 saturated carbocycles. The lowest BCUT2D eigenvalue weighted by molar-refractivity contribution is -0.122. The molecule has 1 aromatic carbocycles. The van der Waals surface area contributed by atoms with Crippen LogP contribution in [0.2, 0.25) is 0 Å². The van der Waals surface area contributed by atoms with Gasteiger partial charge in [0.1, 0.15) is 0 Å². The Hall–Kier alpha value is -1.49. The van der Waals surface area contributed by atoms with Gasteiger partial charge in [-0.05, 0) is 24.1 Å². The second-order valence-corrected chi connectivity index (χ2v) is 3.86. The lowest BCUT2D eigenvalue weighted by atomic mass is 10.1. The highest BCUT2D eigenvalue weighted by atomic mass is 19.2. The zero-order chi connectivity index (χ0) is 12.8. The third kappa shape index (κ3) is 4.11. The zero-order valence-corrected chi connectivity index (χ0v) is 9.67. The second-order valence-electron chi connectivity index (χ2n) is 3.86. The standard InChI is InChI=1S/C12H16F2N2O/c1-2-3-11(15)12(17)16-7-8-4-5-9(13)10(14)6-8/h4-6,11H,2-3,7,15H2,1H3,(H,16,17)/t11-/m0/s1. The van der Waals surface area contributed by atoms with Gasteiger partial charge in [0, 0.05) is 6.54 Å². The van der Waals surface area contributed by atoms with Crippen molar-refractivity contribution >= 4 is 5.91 Å². The van der Waals surface area contributed by atoms with E-state index in [1.807, 2.05) is 6.92 Å². The first-order chi connectivity index (χ1) is 8.04. The van der Waals surface area contributed by atoms with Crippen molar-refractivity contribution in [3.05, 3.63) is 35.4 Å². The molecular formula is C12H16F2N2O. The minimum Gasteiger partial charge on any atom is -0.351 e. The molecular weight excluding hydrogens is 226 g/mol. The average Bonchev–Trinajstić information content (AvgIpc) is 2.30. The summed E-state index contributed by atoms with van der Waals surface area (Å²) in [5.41, 5.74) is 6.10. The summed E-state index contributed by atoms with van der Waals surface area (Å²) in [7, 11) is 0. The van der Waals surface area contributed by atoms with Gasteiger partial charge in [0.2, 0.25) is 5.91 Å². The predicted octanol–water partition coefficient (Wildman–Crippen LogP) is 1.71. The Morgan fingerprint density at radius 1 is 1.41 bits per heavy atom. The third-order valence-corrected chi connectivity index (χ3v) is 2.39. The van der Waals surface area contributed by atoms with E-state index in [2.05, 4.69) is 5.32 Å². The monoisotopic (exact) mass is 242 g/mol. The number of rotatable bonds is 5. The molecule has 3 nitrogen and oxygen atoms in total. The molecule has 3 N–H and O–H groups in total. The van der Waals surface area contributed by atoms with Gasteiger partial charge in [-0.2, -0.15) is 0 Å². The molecule has 0 aliphatic carbocycles. The normalized spacial score (nSPS) is 12.2.